The van der Waals surface area contributed by atoms with E-state index < -0.39 is 21.8 Å². The van der Waals surface area contributed by atoms with E-state index in [2.05, 4.69) is 14.7 Å². The van der Waals surface area contributed by atoms with Crippen LogP contribution in [0.5, 0.6) is 0 Å². The Balaban J connectivity index is 1.80. The van der Waals surface area contributed by atoms with Crippen molar-refractivity contribution in [1.82, 2.24) is 14.7 Å². The molecule has 5 nitrogen and oxygen atoms in total. The van der Waals surface area contributed by atoms with Crippen molar-refractivity contribution >= 4 is 21.1 Å². The first kappa shape index (κ1) is 16.5. The lowest BCUT2D eigenvalue weighted by Gasteiger charge is -2.10. The Kier molecular flexibility index (Phi) is 4.06. The molecule has 0 saturated heterocycles. The molecular weight excluding hydrogens is 343 g/mol. The molecule has 2 N–H and O–H groups in total. The highest BCUT2D eigenvalue weighted by Gasteiger charge is 2.30. The number of alkyl halides is 3. The van der Waals surface area contributed by atoms with E-state index in [1.54, 1.807) is 24.5 Å². The standard InChI is InChI=1S/C15H12F3N3O2S/c16-15(17,18)11-1-3-12(4-2-11)24(22,23)21-9-10-5-7-19-14-13(10)6-8-20-14/h1-8,21H,9H2,(H,19,20). The number of sulfonamides is 1. The van der Waals surface area contributed by atoms with Gasteiger partial charge in [-0.15, -0.1) is 0 Å². The van der Waals surface area contributed by atoms with Gasteiger partial charge in [0.25, 0.3) is 0 Å². The van der Waals surface area contributed by atoms with Gasteiger partial charge in [0.05, 0.1) is 10.5 Å². The molecular formula is C15H12F3N3O2S. The summed E-state index contributed by atoms with van der Waals surface area (Å²) in [6.45, 7) is 0.000227. The number of halogens is 3. The van der Waals surface area contributed by atoms with Crippen molar-refractivity contribution in [1.29, 1.82) is 0 Å². The van der Waals surface area contributed by atoms with Crippen LogP contribution in [0.2, 0.25) is 0 Å². The van der Waals surface area contributed by atoms with Crippen molar-refractivity contribution < 1.29 is 21.6 Å². The zero-order chi connectivity index (χ0) is 17.4. The third kappa shape index (κ3) is 3.26. The molecule has 2 aromatic heterocycles. The van der Waals surface area contributed by atoms with Crippen LogP contribution in [0.25, 0.3) is 11.0 Å². The monoisotopic (exact) mass is 355 g/mol. The molecule has 0 aliphatic heterocycles. The SMILES string of the molecule is O=S(=O)(NCc1ccnc2[nH]ccc12)c1ccc(C(F)(F)F)cc1. The minimum atomic E-state index is -4.51. The summed E-state index contributed by atoms with van der Waals surface area (Å²) >= 11 is 0. The van der Waals surface area contributed by atoms with E-state index in [1.165, 1.54) is 0 Å². The molecule has 3 aromatic rings. The molecule has 0 saturated carbocycles. The van der Waals surface area contributed by atoms with Crippen molar-refractivity contribution in [3.8, 4) is 0 Å². The number of pyridine rings is 1. The predicted molar refractivity (Wildman–Crippen MR) is 81.6 cm³/mol. The molecule has 0 amide bonds. The molecule has 0 aliphatic rings. The molecule has 0 bridgehead atoms. The highest BCUT2D eigenvalue weighted by atomic mass is 32.2. The molecule has 0 radical (unpaired) electrons. The van der Waals surface area contributed by atoms with Gasteiger partial charge in [0.15, 0.2) is 0 Å². The topological polar surface area (TPSA) is 74.8 Å². The summed E-state index contributed by atoms with van der Waals surface area (Å²) in [6, 6.07) is 6.79. The average molecular weight is 355 g/mol. The summed E-state index contributed by atoms with van der Waals surface area (Å²) in [5.41, 5.74) is 0.433. The third-order valence-electron chi connectivity index (χ3n) is 3.50. The highest BCUT2D eigenvalue weighted by molar-refractivity contribution is 7.89. The summed E-state index contributed by atoms with van der Waals surface area (Å²) in [4.78, 5) is 6.79. The van der Waals surface area contributed by atoms with Gasteiger partial charge < -0.3 is 4.98 Å². The van der Waals surface area contributed by atoms with Crippen molar-refractivity contribution in [3.05, 3.63) is 59.9 Å². The van der Waals surface area contributed by atoms with Crippen LogP contribution in [0.1, 0.15) is 11.1 Å². The lowest BCUT2D eigenvalue weighted by atomic mass is 10.2. The maximum absolute atomic E-state index is 12.5. The second-order valence-electron chi connectivity index (χ2n) is 5.06. The second kappa shape index (κ2) is 5.91. The van der Waals surface area contributed by atoms with Gasteiger partial charge in [0.2, 0.25) is 10.0 Å². The lowest BCUT2D eigenvalue weighted by Crippen LogP contribution is -2.23. The maximum atomic E-state index is 12.5. The number of hydrogen-bond donors (Lipinski definition) is 2. The van der Waals surface area contributed by atoms with E-state index in [0.717, 1.165) is 29.7 Å². The van der Waals surface area contributed by atoms with E-state index >= 15 is 0 Å². The summed E-state index contributed by atoms with van der Waals surface area (Å²) < 4.78 is 64.4. The molecule has 9 heteroatoms. The molecule has 0 spiro atoms. The predicted octanol–water partition coefficient (Wildman–Crippen LogP) is 3.06. The first-order valence-corrected chi connectivity index (χ1v) is 8.33. The molecule has 24 heavy (non-hydrogen) atoms. The van der Waals surface area contributed by atoms with Gasteiger partial charge >= 0.3 is 6.18 Å². The first-order valence-electron chi connectivity index (χ1n) is 6.85. The number of fused-ring (bicyclic) bond motifs is 1. The molecule has 0 aliphatic carbocycles. The zero-order valence-electron chi connectivity index (χ0n) is 12.1. The van der Waals surface area contributed by atoms with Crippen LogP contribution in [0, 0.1) is 0 Å². The summed E-state index contributed by atoms with van der Waals surface area (Å²) in [6.07, 6.45) is -1.28. The molecule has 0 fully saturated rings. The Morgan fingerprint density at radius 3 is 2.46 bits per heavy atom. The molecule has 2 heterocycles. The van der Waals surface area contributed by atoms with E-state index in [1.807, 2.05) is 0 Å². The quantitative estimate of drug-likeness (QED) is 0.755. The van der Waals surface area contributed by atoms with Gasteiger partial charge in [0, 0.05) is 24.3 Å². The van der Waals surface area contributed by atoms with Crippen LogP contribution in [0.4, 0.5) is 13.2 Å². The Bertz CT molecular complexity index is 964. The van der Waals surface area contributed by atoms with Gasteiger partial charge in [-0.2, -0.15) is 13.2 Å². The summed E-state index contributed by atoms with van der Waals surface area (Å²) in [5.74, 6) is 0. The number of nitrogens with one attached hydrogen (secondary N) is 2. The van der Waals surface area contributed by atoms with Gasteiger partial charge in [-0.25, -0.2) is 18.1 Å². The minimum absolute atomic E-state index is 0.000227. The first-order chi connectivity index (χ1) is 11.3. The largest absolute Gasteiger partial charge is 0.416 e. The molecule has 1 aromatic carbocycles. The van der Waals surface area contributed by atoms with Crippen molar-refractivity contribution in [2.45, 2.75) is 17.6 Å². The van der Waals surface area contributed by atoms with E-state index in [4.69, 9.17) is 0 Å². The Hall–Kier alpha value is -2.39. The van der Waals surface area contributed by atoms with Gasteiger partial charge in [-0.05, 0) is 42.0 Å². The van der Waals surface area contributed by atoms with Gasteiger partial charge in [-0.3, -0.25) is 0 Å². The van der Waals surface area contributed by atoms with Crippen LogP contribution in [0.3, 0.4) is 0 Å². The minimum Gasteiger partial charge on any atom is -0.346 e. The van der Waals surface area contributed by atoms with Crippen LogP contribution in [0.15, 0.2) is 53.7 Å². The highest BCUT2D eigenvalue weighted by Crippen LogP contribution is 2.29. The number of hydrogen-bond acceptors (Lipinski definition) is 3. The zero-order valence-corrected chi connectivity index (χ0v) is 12.9. The van der Waals surface area contributed by atoms with Crippen molar-refractivity contribution in [3.63, 3.8) is 0 Å². The van der Waals surface area contributed by atoms with Crippen LogP contribution in [-0.2, 0) is 22.7 Å². The van der Waals surface area contributed by atoms with Crippen LogP contribution < -0.4 is 4.72 Å². The Labute approximate surface area is 135 Å². The van der Waals surface area contributed by atoms with Gasteiger partial charge in [-0.1, -0.05) is 0 Å². The van der Waals surface area contributed by atoms with E-state index in [9.17, 15) is 21.6 Å². The molecule has 126 valence electrons. The lowest BCUT2D eigenvalue weighted by molar-refractivity contribution is -0.137. The third-order valence-corrected chi connectivity index (χ3v) is 4.91. The second-order valence-corrected chi connectivity index (χ2v) is 6.82. The van der Waals surface area contributed by atoms with Crippen LogP contribution >= 0.6 is 0 Å². The number of aromatic amines is 1. The fraction of sp³-hybridized carbons (Fsp3) is 0.133. The fourth-order valence-corrected chi connectivity index (χ4v) is 3.26. The maximum Gasteiger partial charge on any atom is 0.416 e. The molecule has 0 atom stereocenters. The molecule has 3 rings (SSSR count). The normalized spacial score (nSPS) is 12.6. The Morgan fingerprint density at radius 1 is 1.08 bits per heavy atom. The van der Waals surface area contributed by atoms with Crippen molar-refractivity contribution in [2.24, 2.45) is 0 Å². The smallest absolute Gasteiger partial charge is 0.346 e. The van der Waals surface area contributed by atoms with Crippen molar-refractivity contribution in [2.75, 3.05) is 0 Å². The fourth-order valence-electron chi connectivity index (χ4n) is 2.25. The molecule has 0 unspecified atom stereocenters. The van der Waals surface area contributed by atoms with Gasteiger partial charge in [0.1, 0.15) is 5.65 Å². The number of nitrogens with zero attached hydrogens (tertiary/aromatic N) is 1. The average Bonchev–Trinajstić information content (AvgIpc) is 3.01. The number of H-pyrrole nitrogens is 1. The Morgan fingerprint density at radius 2 is 1.79 bits per heavy atom. The number of benzene rings is 1. The number of rotatable bonds is 4. The van der Waals surface area contributed by atoms with E-state index in [0.29, 0.717) is 11.2 Å². The number of aromatic nitrogens is 2. The summed E-state index contributed by atoms with van der Waals surface area (Å²) in [7, 11) is -3.92. The van der Waals surface area contributed by atoms with E-state index in [-0.39, 0.29) is 11.4 Å². The van der Waals surface area contributed by atoms with Crippen LogP contribution in [-0.4, -0.2) is 18.4 Å². The summed E-state index contributed by atoms with van der Waals surface area (Å²) in [5, 5.41) is 0.771.